The van der Waals surface area contributed by atoms with Crippen molar-refractivity contribution in [2.75, 3.05) is 26.7 Å². The fourth-order valence-electron chi connectivity index (χ4n) is 4.75. The Hall–Kier alpha value is -1.29. The fourth-order valence-corrected chi connectivity index (χ4v) is 4.75. The Morgan fingerprint density at radius 3 is 2.54 bits per heavy atom. The molecule has 4 heteroatoms. The van der Waals surface area contributed by atoms with Gasteiger partial charge in [0.25, 0.3) is 0 Å². The number of nitrogens with zero attached hydrogens (tertiary/aromatic N) is 3. The van der Waals surface area contributed by atoms with Crippen LogP contribution < -0.4 is 0 Å². The molecule has 0 spiro atoms. The zero-order chi connectivity index (χ0) is 17.1. The summed E-state index contributed by atoms with van der Waals surface area (Å²) in [5, 5.41) is 0. The third-order valence-corrected chi connectivity index (χ3v) is 5.95. The monoisotopic (exact) mass is 331 g/mol. The number of hydrogen-bond donors (Lipinski definition) is 0. The van der Waals surface area contributed by atoms with Crippen LogP contribution in [0.1, 0.15) is 52.0 Å². The van der Waals surface area contributed by atoms with Crippen molar-refractivity contribution in [3.63, 3.8) is 0 Å². The van der Waals surface area contributed by atoms with Crippen LogP contribution in [0.4, 0.5) is 0 Å². The Morgan fingerprint density at radius 2 is 1.83 bits per heavy atom. The summed E-state index contributed by atoms with van der Waals surface area (Å²) < 4.78 is 2.07. The smallest absolute Gasteiger partial charge is 0.245 e. The molecule has 0 aliphatic carbocycles. The maximum atomic E-state index is 13.1. The van der Waals surface area contributed by atoms with Gasteiger partial charge < -0.3 is 14.4 Å². The van der Waals surface area contributed by atoms with Gasteiger partial charge in [-0.3, -0.25) is 4.79 Å². The maximum absolute atomic E-state index is 13.1. The average Bonchev–Trinajstić information content (AvgIpc) is 3.09. The second kappa shape index (κ2) is 7.73. The highest BCUT2D eigenvalue weighted by Gasteiger charge is 2.35. The molecule has 0 aromatic carbocycles. The maximum Gasteiger partial charge on any atom is 0.245 e. The Bertz CT molecular complexity index is 523. The molecule has 1 amide bonds. The zero-order valence-electron chi connectivity index (χ0n) is 15.5. The molecular weight excluding hydrogens is 298 g/mol. The number of rotatable bonds is 5. The molecule has 3 unspecified atom stereocenters. The molecule has 0 radical (unpaired) electrons. The number of aromatic nitrogens is 1. The third-order valence-electron chi connectivity index (χ3n) is 5.95. The highest BCUT2D eigenvalue weighted by Crippen LogP contribution is 2.32. The quantitative estimate of drug-likeness (QED) is 0.827. The molecule has 3 atom stereocenters. The lowest BCUT2D eigenvalue weighted by Gasteiger charge is -2.45. The van der Waals surface area contributed by atoms with Crippen LogP contribution in [0.2, 0.25) is 0 Å². The molecule has 24 heavy (non-hydrogen) atoms. The predicted octanol–water partition coefficient (Wildman–Crippen LogP) is 3.41. The SMILES string of the molecule is CC(C)C(C(=O)N(C)CC1CCCN2CCCCC12)n1cccc1. The second-order valence-electron chi connectivity index (χ2n) is 8.04. The minimum absolute atomic E-state index is 0.0870. The first-order valence-electron chi connectivity index (χ1n) is 9.69. The van der Waals surface area contributed by atoms with E-state index in [9.17, 15) is 4.79 Å². The first-order valence-corrected chi connectivity index (χ1v) is 9.69. The number of piperidine rings is 2. The molecule has 1 aromatic rings. The van der Waals surface area contributed by atoms with E-state index < -0.39 is 0 Å². The highest BCUT2D eigenvalue weighted by molar-refractivity contribution is 5.80. The predicted molar refractivity (Wildman–Crippen MR) is 97.9 cm³/mol. The van der Waals surface area contributed by atoms with E-state index in [4.69, 9.17) is 0 Å². The van der Waals surface area contributed by atoms with Crippen molar-refractivity contribution in [1.29, 1.82) is 0 Å². The Kier molecular flexibility index (Phi) is 5.65. The lowest BCUT2D eigenvalue weighted by atomic mass is 9.83. The van der Waals surface area contributed by atoms with Crippen molar-refractivity contribution in [3.8, 4) is 0 Å². The van der Waals surface area contributed by atoms with Gasteiger partial charge in [-0.2, -0.15) is 0 Å². The van der Waals surface area contributed by atoms with Gasteiger partial charge in [0.1, 0.15) is 6.04 Å². The van der Waals surface area contributed by atoms with E-state index in [1.54, 1.807) is 0 Å². The molecule has 4 nitrogen and oxygen atoms in total. The number of carbonyl (C=O) groups excluding carboxylic acids is 1. The lowest BCUT2D eigenvalue weighted by molar-refractivity contribution is -0.136. The van der Waals surface area contributed by atoms with Crippen LogP contribution in [0, 0.1) is 11.8 Å². The second-order valence-corrected chi connectivity index (χ2v) is 8.04. The van der Waals surface area contributed by atoms with Gasteiger partial charge >= 0.3 is 0 Å². The molecule has 3 rings (SSSR count). The molecule has 0 N–H and O–H groups in total. The number of fused-ring (bicyclic) bond motifs is 1. The van der Waals surface area contributed by atoms with E-state index in [0.717, 1.165) is 6.54 Å². The van der Waals surface area contributed by atoms with E-state index in [1.807, 2.05) is 36.5 Å². The van der Waals surface area contributed by atoms with Gasteiger partial charge in [-0.25, -0.2) is 0 Å². The van der Waals surface area contributed by atoms with Crippen LogP contribution in [0.3, 0.4) is 0 Å². The molecular formula is C20H33N3O. The Morgan fingerprint density at radius 1 is 1.12 bits per heavy atom. The number of carbonyl (C=O) groups is 1. The lowest BCUT2D eigenvalue weighted by Crippen LogP contribution is -2.51. The van der Waals surface area contributed by atoms with Gasteiger partial charge in [-0.15, -0.1) is 0 Å². The third kappa shape index (κ3) is 3.69. The van der Waals surface area contributed by atoms with Crippen LogP contribution in [-0.2, 0) is 4.79 Å². The van der Waals surface area contributed by atoms with Gasteiger partial charge in [0.2, 0.25) is 5.91 Å². The van der Waals surface area contributed by atoms with Crippen molar-refractivity contribution in [2.24, 2.45) is 11.8 Å². The largest absolute Gasteiger partial charge is 0.344 e. The van der Waals surface area contributed by atoms with Crippen LogP contribution >= 0.6 is 0 Å². The first-order chi connectivity index (χ1) is 11.6. The number of likely N-dealkylation sites (N-methyl/N-ethyl adjacent to an activating group) is 1. The summed E-state index contributed by atoms with van der Waals surface area (Å²) in [5.74, 6) is 1.20. The molecule has 0 saturated carbocycles. The number of hydrogen-bond acceptors (Lipinski definition) is 2. The van der Waals surface area contributed by atoms with Gasteiger partial charge in [-0.05, 0) is 62.7 Å². The molecule has 2 aliphatic rings. The zero-order valence-corrected chi connectivity index (χ0v) is 15.5. The molecule has 2 fully saturated rings. The van der Waals surface area contributed by atoms with E-state index in [1.165, 1.54) is 45.2 Å². The topological polar surface area (TPSA) is 28.5 Å². The van der Waals surface area contributed by atoms with E-state index in [2.05, 4.69) is 23.3 Å². The first kappa shape index (κ1) is 17.5. The summed E-state index contributed by atoms with van der Waals surface area (Å²) in [4.78, 5) is 17.8. The molecule has 1 aromatic heterocycles. The van der Waals surface area contributed by atoms with Gasteiger partial charge in [0.05, 0.1) is 0 Å². The van der Waals surface area contributed by atoms with Gasteiger partial charge in [-0.1, -0.05) is 20.3 Å². The van der Waals surface area contributed by atoms with Crippen LogP contribution in [-0.4, -0.2) is 53.0 Å². The van der Waals surface area contributed by atoms with E-state index >= 15 is 0 Å². The molecule has 2 saturated heterocycles. The molecule has 2 aliphatic heterocycles. The van der Waals surface area contributed by atoms with Crippen LogP contribution in [0.5, 0.6) is 0 Å². The summed E-state index contributed by atoms with van der Waals surface area (Å²) in [5.41, 5.74) is 0. The minimum atomic E-state index is -0.0870. The summed E-state index contributed by atoms with van der Waals surface area (Å²) in [6.45, 7) is 7.71. The van der Waals surface area contributed by atoms with Crippen molar-refractivity contribution >= 4 is 5.91 Å². The summed E-state index contributed by atoms with van der Waals surface area (Å²) in [6.07, 6.45) is 10.6. The van der Waals surface area contributed by atoms with Crippen molar-refractivity contribution in [1.82, 2.24) is 14.4 Å². The van der Waals surface area contributed by atoms with Crippen molar-refractivity contribution < 1.29 is 4.79 Å². The van der Waals surface area contributed by atoms with Gasteiger partial charge in [0, 0.05) is 32.0 Å². The molecule has 0 bridgehead atoms. The Labute approximate surface area is 146 Å². The molecule has 3 heterocycles. The van der Waals surface area contributed by atoms with Crippen molar-refractivity contribution in [2.45, 2.75) is 58.0 Å². The van der Waals surface area contributed by atoms with Gasteiger partial charge in [0.15, 0.2) is 0 Å². The van der Waals surface area contributed by atoms with Crippen molar-refractivity contribution in [3.05, 3.63) is 24.5 Å². The summed E-state index contributed by atoms with van der Waals surface area (Å²) in [7, 11) is 2.00. The highest BCUT2D eigenvalue weighted by atomic mass is 16.2. The Balaban J connectivity index is 1.66. The summed E-state index contributed by atoms with van der Waals surface area (Å²) >= 11 is 0. The van der Waals surface area contributed by atoms with E-state index in [0.29, 0.717) is 17.9 Å². The normalized spacial score (nSPS) is 26.2. The standard InChI is InChI=1S/C20H33N3O/c1-16(2)19(23-12-6-7-13-23)20(24)21(3)15-17-9-8-14-22-11-5-4-10-18(17)22/h6-7,12-13,16-19H,4-5,8-11,14-15H2,1-3H3. The summed E-state index contributed by atoms with van der Waals surface area (Å²) in [6, 6.07) is 4.62. The van der Waals surface area contributed by atoms with E-state index in [-0.39, 0.29) is 11.9 Å². The van der Waals surface area contributed by atoms with Crippen LogP contribution in [0.15, 0.2) is 24.5 Å². The van der Waals surface area contributed by atoms with Crippen LogP contribution in [0.25, 0.3) is 0 Å². The molecule has 134 valence electrons. The average molecular weight is 332 g/mol. The fraction of sp³-hybridized carbons (Fsp3) is 0.750. The minimum Gasteiger partial charge on any atom is -0.344 e. The number of amides is 1.